The summed E-state index contributed by atoms with van der Waals surface area (Å²) < 4.78 is 23.5. The molecule has 0 saturated carbocycles. The second-order valence-electron chi connectivity index (χ2n) is 7.64. The highest BCUT2D eigenvalue weighted by Gasteiger charge is 2.17. The number of nitrogens with zero attached hydrogens (tertiary/aromatic N) is 2. The minimum atomic E-state index is -0.171. The van der Waals surface area contributed by atoms with Gasteiger partial charge in [-0.2, -0.15) is 0 Å². The molecule has 8 heteroatoms. The summed E-state index contributed by atoms with van der Waals surface area (Å²) in [5.74, 6) is 2.29. The predicted octanol–water partition coefficient (Wildman–Crippen LogP) is 3.85. The van der Waals surface area contributed by atoms with E-state index in [1.54, 1.807) is 19.2 Å². The number of para-hydroxylation sites is 2. The van der Waals surface area contributed by atoms with Gasteiger partial charge in [-0.1, -0.05) is 18.6 Å². The van der Waals surface area contributed by atoms with Gasteiger partial charge in [0.2, 0.25) is 5.75 Å². The number of aromatic nitrogens is 2. The van der Waals surface area contributed by atoms with E-state index in [1.165, 1.54) is 21.3 Å². The Kier molecular flexibility index (Phi) is 8.95. The van der Waals surface area contributed by atoms with E-state index in [0.717, 1.165) is 49.1 Å². The highest BCUT2D eigenvalue weighted by molar-refractivity contribution is 5.95. The van der Waals surface area contributed by atoms with Crippen LogP contribution in [-0.4, -0.2) is 57.0 Å². The van der Waals surface area contributed by atoms with Crippen LogP contribution in [0.25, 0.3) is 11.0 Å². The van der Waals surface area contributed by atoms with Crippen molar-refractivity contribution >= 4 is 16.9 Å². The molecule has 2 aromatic carbocycles. The van der Waals surface area contributed by atoms with Crippen LogP contribution in [0.2, 0.25) is 0 Å². The number of benzene rings is 2. The van der Waals surface area contributed by atoms with Gasteiger partial charge < -0.3 is 28.8 Å². The fraction of sp³-hybridized carbons (Fsp3) is 0.440. The third kappa shape index (κ3) is 5.96. The molecular weight excluding hydrogens is 422 g/mol. The van der Waals surface area contributed by atoms with Gasteiger partial charge in [-0.3, -0.25) is 4.79 Å². The predicted molar refractivity (Wildman–Crippen MR) is 128 cm³/mol. The maximum absolute atomic E-state index is 12.6. The highest BCUT2D eigenvalue weighted by atomic mass is 16.5. The Morgan fingerprint density at radius 2 is 1.70 bits per heavy atom. The lowest BCUT2D eigenvalue weighted by Crippen LogP contribution is -2.24. The molecule has 0 spiro atoms. The van der Waals surface area contributed by atoms with Crippen molar-refractivity contribution in [2.45, 2.75) is 32.2 Å². The van der Waals surface area contributed by atoms with E-state index in [-0.39, 0.29) is 5.91 Å². The number of ether oxygens (including phenoxy) is 4. The van der Waals surface area contributed by atoms with Crippen LogP contribution in [0.15, 0.2) is 36.4 Å². The van der Waals surface area contributed by atoms with Crippen LogP contribution in [0.5, 0.6) is 17.2 Å². The summed E-state index contributed by atoms with van der Waals surface area (Å²) in [7, 11) is 6.31. The van der Waals surface area contributed by atoms with Gasteiger partial charge in [-0.25, -0.2) is 4.98 Å². The first-order valence-corrected chi connectivity index (χ1v) is 11.1. The number of carbonyl (C=O) groups excluding carboxylic acids is 1. The second kappa shape index (κ2) is 12.1. The number of nitrogens with one attached hydrogen (secondary N) is 1. The van der Waals surface area contributed by atoms with Crippen LogP contribution in [0.1, 0.15) is 35.4 Å². The molecule has 178 valence electrons. The van der Waals surface area contributed by atoms with Crippen LogP contribution in [0.3, 0.4) is 0 Å². The molecule has 0 fully saturated rings. The van der Waals surface area contributed by atoms with Gasteiger partial charge in [0.15, 0.2) is 11.5 Å². The van der Waals surface area contributed by atoms with E-state index in [1.807, 2.05) is 18.2 Å². The molecule has 0 radical (unpaired) electrons. The molecule has 0 aliphatic carbocycles. The molecule has 0 aliphatic heterocycles. The molecule has 3 rings (SSSR count). The lowest BCUT2D eigenvalue weighted by molar-refractivity contribution is 0.0952. The third-order valence-electron chi connectivity index (χ3n) is 5.54. The second-order valence-corrected chi connectivity index (χ2v) is 7.64. The summed E-state index contributed by atoms with van der Waals surface area (Å²) in [4.78, 5) is 17.4. The largest absolute Gasteiger partial charge is 0.493 e. The van der Waals surface area contributed by atoms with Crippen molar-refractivity contribution in [2.75, 3.05) is 41.6 Å². The van der Waals surface area contributed by atoms with Gasteiger partial charge in [-0.15, -0.1) is 0 Å². The number of hydrogen-bond acceptors (Lipinski definition) is 6. The van der Waals surface area contributed by atoms with Crippen molar-refractivity contribution in [3.63, 3.8) is 0 Å². The molecule has 33 heavy (non-hydrogen) atoms. The minimum Gasteiger partial charge on any atom is -0.493 e. The summed E-state index contributed by atoms with van der Waals surface area (Å²) >= 11 is 0. The Balaban J connectivity index is 1.50. The number of imidazole rings is 1. The monoisotopic (exact) mass is 455 g/mol. The van der Waals surface area contributed by atoms with Crippen molar-refractivity contribution < 1.29 is 23.7 Å². The van der Waals surface area contributed by atoms with Gasteiger partial charge in [0.1, 0.15) is 5.82 Å². The normalized spacial score (nSPS) is 10.9. The smallest absolute Gasteiger partial charge is 0.251 e. The van der Waals surface area contributed by atoms with E-state index in [0.29, 0.717) is 36.0 Å². The number of methoxy groups -OCH3 is 4. The molecule has 0 unspecified atom stereocenters. The number of carbonyl (C=O) groups is 1. The van der Waals surface area contributed by atoms with Gasteiger partial charge in [0, 0.05) is 32.2 Å². The Morgan fingerprint density at radius 1 is 0.970 bits per heavy atom. The van der Waals surface area contributed by atoms with Crippen LogP contribution in [0, 0.1) is 0 Å². The number of aryl methyl sites for hydroxylation is 1. The molecule has 0 aliphatic rings. The third-order valence-corrected chi connectivity index (χ3v) is 5.54. The number of hydrogen-bond donors (Lipinski definition) is 1. The number of rotatable bonds is 13. The maximum Gasteiger partial charge on any atom is 0.251 e. The summed E-state index contributed by atoms with van der Waals surface area (Å²) in [6.07, 6.45) is 3.76. The molecule has 8 nitrogen and oxygen atoms in total. The molecule has 1 amide bonds. The number of amides is 1. The van der Waals surface area contributed by atoms with Gasteiger partial charge in [0.25, 0.3) is 5.91 Å². The molecule has 3 aromatic rings. The first-order chi connectivity index (χ1) is 16.1. The fourth-order valence-electron chi connectivity index (χ4n) is 3.85. The Hall–Kier alpha value is -3.26. The van der Waals surface area contributed by atoms with E-state index in [9.17, 15) is 4.79 Å². The maximum atomic E-state index is 12.6. The quantitative estimate of drug-likeness (QED) is 0.394. The van der Waals surface area contributed by atoms with Gasteiger partial charge >= 0.3 is 0 Å². The molecule has 0 bridgehead atoms. The van der Waals surface area contributed by atoms with E-state index in [4.69, 9.17) is 23.9 Å². The summed E-state index contributed by atoms with van der Waals surface area (Å²) in [5, 5.41) is 2.97. The van der Waals surface area contributed by atoms with Crippen LogP contribution < -0.4 is 19.5 Å². The van der Waals surface area contributed by atoms with Gasteiger partial charge in [-0.05, 0) is 37.1 Å². The van der Waals surface area contributed by atoms with Crippen molar-refractivity contribution in [3.8, 4) is 17.2 Å². The van der Waals surface area contributed by atoms with Crippen molar-refractivity contribution in [1.82, 2.24) is 14.9 Å². The van der Waals surface area contributed by atoms with Crippen molar-refractivity contribution in [2.24, 2.45) is 0 Å². The molecular formula is C25H33N3O5. The number of unbranched alkanes of at least 4 members (excludes halogenated alkanes) is 2. The van der Waals surface area contributed by atoms with Crippen molar-refractivity contribution in [1.29, 1.82) is 0 Å². The average molecular weight is 456 g/mol. The van der Waals surface area contributed by atoms with E-state index < -0.39 is 0 Å². The Labute approximate surface area is 194 Å². The summed E-state index contributed by atoms with van der Waals surface area (Å²) in [6.45, 7) is 2.03. The zero-order valence-electron chi connectivity index (χ0n) is 19.8. The minimum absolute atomic E-state index is 0.171. The molecule has 1 heterocycles. The molecule has 0 atom stereocenters. The topological polar surface area (TPSA) is 83.8 Å². The molecule has 1 N–H and O–H groups in total. The standard InChI is InChI=1S/C25H33N3O5/c1-30-15-14-28-20-11-8-7-10-19(20)27-23(28)12-6-5-9-13-26-25(29)18-16-21(31-2)24(33-4)22(17-18)32-3/h7-8,10-11,16-17H,5-6,9,12-15H2,1-4H3,(H,26,29). The first kappa shape index (κ1) is 24.4. The average Bonchev–Trinajstić information content (AvgIpc) is 3.20. The summed E-state index contributed by atoms with van der Waals surface area (Å²) in [5.41, 5.74) is 2.62. The van der Waals surface area contributed by atoms with Crippen LogP contribution >= 0.6 is 0 Å². The SMILES string of the molecule is COCCn1c(CCCCCNC(=O)c2cc(OC)c(OC)c(OC)c2)nc2ccccc21. The molecule has 1 aromatic heterocycles. The highest BCUT2D eigenvalue weighted by Crippen LogP contribution is 2.38. The Bertz CT molecular complexity index is 1040. The van der Waals surface area contributed by atoms with Crippen LogP contribution in [0.4, 0.5) is 0 Å². The zero-order chi connectivity index (χ0) is 23.6. The fourth-order valence-corrected chi connectivity index (χ4v) is 3.85. The van der Waals surface area contributed by atoms with Crippen LogP contribution in [-0.2, 0) is 17.7 Å². The zero-order valence-corrected chi connectivity index (χ0v) is 19.8. The van der Waals surface area contributed by atoms with Crippen molar-refractivity contribution in [3.05, 3.63) is 47.8 Å². The lowest BCUT2D eigenvalue weighted by atomic mass is 10.1. The molecule has 0 saturated heterocycles. The van der Waals surface area contributed by atoms with Gasteiger partial charge in [0.05, 0.1) is 39.0 Å². The summed E-state index contributed by atoms with van der Waals surface area (Å²) in [6, 6.07) is 11.5. The van der Waals surface area contributed by atoms with E-state index in [2.05, 4.69) is 16.0 Å². The van der Waals surface area contributed by atoms with E-state index >= 15 is 0 Å². The Morgan fingerprint density at radius 3 is 2.36 bits per heavy atom. The lowest BCUT2D eigenvalue weighted by Gasteiger charge is -2.14. The number of fused-ring (bicyclic) bond motifs is 1. The first-order valence-electron chi connectivity index (χ1n) is 11.1.